The summed E-state index contributed by atoms with van der Waals surface area (Å²) in [5.41, 5.74) is 12.4. The van der Waals surface area contributed by atoms with Gasteiger partial charge in [0.1, 0.15) is 11.2 Å². The largest absolute Gasteiger partial charge is 0.456 e. The van der Waals surface area contributed by atoms with Gasteiger partial charge in [0.2, 0.25) is 0 Å². The third kappa shape index (κ3) is 6.19. The van der Waals surface area contributed by atoms with Crippen molar-refractivity contribution < 1.29 is 4.42 Å². The number of rotatable bonds is 6. The van der Waals surface area contributed by atoms with E-state index in [1.165, 1.54) is 67.7 Å². The molecule has 0 saturated heterocycles. The zero-order valence-corrected chi connectivity index (χ0v) is 38.9. The topological polar surface area (TPSA) is 56.7 Å². The highest BCUT2D eigenvalue weighted by Gasteiger charge is 2.20. The highest BCUT2D eigenvalue weighted by Crippen LogP contribution is 2.42. The van der Waals surface area contributed by atoms with E-state index >= 15 is 0 Å². The van der Waals surface area contributed by atoms with Crippen LogP contribution in [0.5, 0.6) is 0 Å². The number of thiophene rings is 2. The van der Waals surface area contributed by atoms with Crippen LogP contribution in [0, 0.1) is 0 Å². The van der Waals surface area contributed by atoms with E-state index in [9.17, 15) is 0 Å². The molecule has 0 aliphatic carbocycles. The second kappa shape index (κ2) is 15.4. The zero-order valence-electron chi connectivity index (χ0n) is 37.3. The Balaban J connectivity index is 0.870. The SMILES string of the molecule is c1ccc(-n2c3ccccc3c3cc(-c4cccc(-c5ccc6oc7cccc(-c8nc(-c9ccc%10c(c9)sc9ccccc9%10)nc(-c9ccc%10c(c9)sc9ccccc9%10)n8)c7c6c5)c4)ccc32)cc1. The average Bonchev–Trinajstić information content (AvgIpc) is 4.19. The minimum Gasteiger partial charge on any atom is -0.456 e. The predicted molar refractivity (Wildman–Crippen MR) is 294 cm³/mol. The van der Waals surface area contributed by atoms with Gasteiger partial charge in [-0.3, -0.25) is 0 Å². The molecule has 0 unspecified atom stereocenters. The van der Waals surface area contributed by atoms with Crippen molar-refractivity contribution in [1.29, 1.82) is 0 Å². The van der Waals surface area contributed by atoms with Crippen molar-refractivity contribution in [2.24, 2.45) is 0 Å². The standard InChI is InChI=1S/C63H36N4OS2/c1-2-14-43(15-3-1)67-52-20-7-4-16-44(52)50-33-39(26-30-53(50)67)37-12-10-13-38(32-37)40-27-31-54-51(34-40)60-49(19-11-21-55(60)68-54)63-65-61(41-24-28-47-45-17-5-8-22-56(45)69-58(47)35-41)64-62(66-63)42-25-29-48-46-18-6-9-23-57(46)70-59(48)36-42/h1-36H. The first-order chi connectivity index (χ1) is 34.6. The number of nitrogens with zero attached hydrogens (tertiary/aromatic N) is 4. The van der Waals surface area contributed by atoms with E-state index in [0.717, 1.165) is 61.0 Å². The summed E-state index contributed by atoms with van der Waals surface area (Å²) < 4.78 is 13.9. The number of aromatic nitrogens is 4. The predicted octanol–water partition coefficient (Wildman–Crippen LogP) is 17.9. The number of para-hydroxylation sites is 2. The summed E-state index contributed by atoms with van der Waals surface area (Å²) in [5, 5.41) is 9.43. The molecule has 5 heterocycles. The Hall–Kier alpha value is -8.75. The number of benzene rings is 10. The van der Waals surface area contributed by atoms with Crippen LogP contribution in [-0.2, 0) is 0 Å². The van der Waals surface area contributed by atoms with Crippen LogP contribution >= 0.6 is 22.7 Å². The lowest BCUT2D eigenvalue weighted by Crippen LogP contribution is -2.00. The van der Waals surface area contributed by atoms with Crippen LogP contribution in [0.15, 0.2) is 223 Å². The fraction of sp³-hybridized carbons (Fsp3) is 0. The van der Waals surface area contributed by atoms with E-state index in [1.54, 1.807) is 22.7 Å². The molecular formula is C63H36N4OS2. The Bertz CT molecular complexity index is 4480. The van der Waals surface area contributed by atoms with Gasteiger partial charge in [-0.25, -0.2) is 15.0 Å². The molecule has 0 fully saturated rings. The summed E-state index contributed by atoms with van der Waals surface area (Å²) in [7, 11) is 0. The molecule has 0 amide bonds. The molecule has 0 aliphatic heterocycles. The van der Waals surface area contributed by atoms with Crippen LogP contribution in [0.2, 0.25) is 0 Å². The highest BCUT2D eigenvalue weighted by molar-refractivity contribution is 7.26. The third-order valence-corrected chi connectivity index (χ3v) is 16.1. The van der Waals surface area contributed by atoms with Gasteiger partial charge in [-0.05, 0) is 101 Å². The summed E-state index contributed by atoms with van der Waals surface area (Å²) in [4.78, 5) is 15.9. The molecule has 0 saturated carbocycles. The van der Waals surface area contributed by atoms with Crippen molar-refractivity contribution in [2.75, 3.05) is 0 Å². The van der Waals surface area contributed by atoms with Crippen LogP contribution in [-0.4, -0.2) is 19.5 Å². The van der Waals surface area contributed by atoms with Crippen LogP contribution in [0.4, 0.5) is 0 Å². The second-order valence-corrected chi connectivity index (χ2v) is 20.1. The lowest BCUT2D eigenvalue weighted by Gasteiger charge is -2.10. The van der Waals surface area contributed by atoms with Crippen LogP contribution < -0.4 is 0 Å². The van der Waals surface area contributed by atoms with Gasteiger partial charge in [-0.2, -0.15) is 0 Å². The van der Waals surface area contributed by atoms with Gasteiger partial charge in [0.15, 0.2) is 17.5 Å². The van der Waals surface area contributed by atoms with E-state index in [1.807, 2.05) is 12.1 Å². The summed E-state index contributed by atoms with van der Waals surface area (Å²) in [6, 6.07) is 78.1. The van der Waals surface area contributed by atoms with Gasteiger partial charge in [-0.15, -0.1) is 22.7 Å². The first-order valence-electron chi connectivity index (χ1n) is 23.4. The van der Waals surface area contributed by atoms with E-state index in [0.29, 0.717) is 17.5 Å². The Kier molecular flexibility index (Phi) is 8.63. The number of hydrogen-bond acceptors (Lipinski definition) is 6. The van der Waals surface area contributed by atoms with Crippen LogP contribution in [0.3, 0.4) is 0 Å². The summed E-state index contributed by atoms with van der Waals surface area (Å²) >= 11 is 3.59. The number of hydrogen-bond donors (Lipinski definition) is 0. The van der Waals surface area contributed by atoms with Crippen molar-refractivity contribution in [3.05, 3.63) is 218 Å². The smallest absolute Gasteiger partial charge is 0.164 e. The lowest BCUT2D eigenvalue weighted by molar-refractivity contribution is 0.669. The van der Waals surface area contributed by atoms with E-state index in [-0.39, 0.29) is 0 Å². The van der Waals surface area contributed by atoms with Crippen molar-refractivity contribution in [1.82, 2.24) is 19.5 Å². The Morgan fingerprint density at radius 1 is 0.314 bits per heavy atom. The molecule has 0 aliphatic rings. The number of furan rings is 1. The fourth-order valence-corrected chi connectivity index (χ4v) is 12.9. The van der Waals surface area contributed by atoms with E-state index in [4.69, 9.17) is 19.4 Å². The van der Waals surface area contributed by atoms with Crippen molar-refractivity contribution in [3.63, 3.8) is 0 Å². The highest BCUT2D eigenvalue weighted by atomic mass is 32.1. The van der Waals surface area contributed by atoms with Crippen molar-refractivity contribution >= 4 is 107 Å². The van der Waals surface area contributed by atoms with Crippen molar-refractivity contribution in [3.8, 4) is 62.1 Å². The van der Waals surface area contributed by atoms with Gasteiger partial charge < -0.3 is 8.98 Å². The molecule has 70 heavy (non-hydrogen) atoms. The maximum Gasteiger partial charge on any atom is 0.164 e. The third-order valence-electron chi connectivity index (χ3n) is 13.9. The molecule has 7 heteroatoms. The second-order valence-electron chi connectivity index (χ2n) is 17.9. The summed E-state index contributed by atoms with van der Waals surface area (Å²) in [6.07, 6.45) is 0. The van der Waals surface area contributed by atoms with Gasteiger partial charge >= 0.3 is 0 Å². The molecule has 0 N–H and O–H groups in total. The monoisotopic (exact) mass is 928 g/mol. The normalized spacial score (nSPS) is 12.0. The molecule has 326 valence electrons. The van der Waals surface area contributed by atoms with Gasteiger partial charge in [0, 0.05) is 84.3 Å². The lowest BCUT2D eigenvalue weighted by atomic mass is 9.96. The minimum absolute atomic E-state index is 0.595. The van der Waals surface area contributed by atoms with Gasteiger partial charge in [-0.1, -0.05) is 140 Å². The zero-order chi connectivity index (χ0) is 45.9. The first kappa shape index (κ1) is 39.3. The summed E-state index contributed by atoms with van der Waals surface area (Å²) in [5.74, 6) is 1.85. The summed E-state index contributed by atoms with van der Waals surface area (Å²) in [6.45, 7) is 0. The molecule has 0 atom stereocenters. The quantitative estimate of drug-likeness (QED) is 0.167. The molecule has 10 aromatic carbocycles. The average molecular weight is 929 g/mol. The molecule has 5 aromatic heterocycles. The van der Waals surface area contributed by atoms with Crippen molar-refractivity contribution in [2.45, 2.75) is 0 Å². The van der Waals surface area contributed by atoms with E-state index in [2.05, 4.69) is 211 Å². The minimum atomic E-state index is 0.595. The Labute approximate surface area is 408 Å². The maximum atomic E-state index is 6.62. The van der Waals surface area contributed by atoms with Crippen LogP contribution in [0.25, 0.3) is 146 Å². The molecule has 15 aromatic rings. The molecule has 15 rings (SSSR count). The molecule has 5 nitrogen and oxygen atoms in total. The Morgan fingerprint density at radius 2 is 0.843 bits per heavy atom. The molecule has 0 spiro atoms. The molecule has 0 radical (unpaired) electrons. The fourth-order valence-electron chi connectivity index (χ4n) is 10.6. The maximum absolute atomic E-state index is 6.62. The van der Waals surface area contributed by atoms with Gasteiger partial charge in [0.05, 0.1) is 11.0 Å². The van der Waals surface area contributed by atoms with E-state index < -0.39 is 0 Å². The van der Waals surface area contributed by atoms with Crippen LogP contribution in [0.1, 0.15) is 0 Å². The first-order valence-corrected chi connectivity index (χ1v) is 25.0. The van der Waals surface area contributed by atoms with Gasteiger partial charge in [0.25, 0.3) is 0 Å². The molecular weight excluding hydrogens is 893 g/mol. The number of fused-ring (bicyclic) bond motifs is 12. The molecule has 0 bridgehead atoms. The Morgan fingerprint density at radius 3 is 1.54 bits per heavy atom.